The van der Waals surface area contributed by atoms with Crippen molar-refractivity contribution in [1.82, 2.24) is 0 Å². The van der Waals surface area contributed by atoms with E-state index in [1.807, 2.05) is 0 Å². The third kappa shape index (κ3) is 5.10. The first-order valence-corrected chi connectivity index (χ1v) is 18.5. The third-order valence-electron chi connectivity index (χ3n) is 13.7. The molecule has 4 aliphatic rings. The van der Waals surface area contributed by atoms with E-state index >= 15 is 0 Å². The standard InChI is InChI=1S/C41H54Cl2O2/c1-24(2)30-20-26-11-13-34-38(5,15-9-17-40(34,7)36(42)44)32(26)22-28(30)19-29-23-33-27(21-31(29)25(3)4)12-14-35-39(33,6)16-10-18-41(35,8)37(43)45/h20-25,34-35H,9-19H2,1-8H3. The Kier molecular flexibility index (Phi) is 8.51. The minimum atomic E-state index is -0.461. The molecule has 0 amide bonds. The van der Waals surface area contributed by atoms with Crippen LogP contribution in [0.3, 0.4) is 0 Å². The zero-order valence-electron chi connectivity index (χ0n) is 29.0. The number of aryl methyl sites for hydroxylation is 2. The molecule has 0 bridgehead atoms. The lowest BCUT2D eigenvalue weighted by Crippen LogP contribution is -2.51. The molecule has 6 atom stereocenters. The van der Waals surface area contributed by atoms with E-state index in [0.29, 0.717) is 11.8 Å². The van der Waals surface area contributed by atoms with Crippen LogP contribution in [0.15, 0.2) is 24.3 Å². The summed E-state index contributed by atoms with van der Waals surface area (Å²) in [6, 6.07) is 10.2. The molecule has 0 aliphatic heterocycles. The molecule has 2 aromatic rings. The van der Waals surface area contributed by atoms with Crippen molar-refractivity contribution in [3.63, 3.8) is 0 Å². The molecule has 0 aromatic heterocycles. The summed E-state index contributed by atoms with van der Waals surface area (Å²) >= 11 is 12.7. The Morgan fingerprint density at radius 3 is 1.38 bits per heavy atom. The fourth-order valence-electron chi connectivity index (χ4n) is 11.2. The number of benzene rings is 2. The largest absolute Gasteiger partial charge is 0.281 e. The molecule has 0 radical (unpaired) electrons. The molecule has 45 heavy (non-hydrogen) atoms. The summed E-state index contributed by atoms with van der Waals surface area (Å²) in [5.74, 6) is 1.39. The Balaban J connectivity index is 1.48. The molecular weight excluding hydrogens is 595 g/mol. The average Bonchev–Trinajstić information content (AvgIpc) is 2.96. The van der Waals surface area contributed by atoms with Gasteiger partial charge in [-0.05, 0) is 160 Å². The maximum Gasteiger partial charge on any atom is 0.227 e. The minimum Gasteiger partial charge on any atom is -0.281 e. The van der Waals surface area contributed by atoms with Crippen LogP contribution >= 0.6 is 23.2 Å². The van der Waals surface area contributed by atoms with Gasteiger partial charge in [-0.1, -0.05) is 92.5 Å². The van der Waals surface area contributed by atoms with E-state index in [9.17, 15) is 9.59 Å². The number of fused-ring (bicyclic) bond motifs is 6. The second kappa shape index (κ2) is 11.5. The van der Waals surface area contributed by atoms with Crippen molar-refractivity contribution >= 4 is 33.7 Å². The molecule has 2 nitrogen and oxygen atoms in total. The first-order chi connectivity index (χ1) is 21.1. The van der Waals surface area contributed by atoms with Crippen LogP contribution in [0.2, 0.25) is 0 Å². The SMILES string of the molecule is CC(C)c1cc2c(cc1Cc1cc3c(cc1C(C)C)CCC1C(C)(C(=O)Cl)CCCC31C)C1(C)CCCC(C)(C(=O)Cl)C1CC2. The van der Waals surface area contributed by atoms with E-state index in [2.05, 4.69) is 79.7 Å². The number of hydrogen-bond acceptors (Lipinski definition) is 2. The highest BCUT2D eigenvalue weighted by Gasteiger charge is 2.56. The summed E-state index contributed by atoms with van der Waals surface area (Å²) in [6.07, 6.45) is 11.1. The molecular formula is C41H54Cl2O2. The van der Waals surface area contributed by atoms with Gasteiger partial charge in [0, 0.05) is 10.8 Å². The van der Waals surface area contributed by atoms with Gasteiger partial charge in [-0.15, -0.1) is 0 Å². The summed E-state index contributed by atoms with van der Waals surface area (Å²) in [5, 5.41) is -0.309. The molecule has 6 rings (SSSR count). The summed E-state index contributed by atoms with van der Waals surface area (Å²) < 4.78 is 0. The van der Waals surface area contributed by atoms with Gasteiger partial charge in [0.1, 0.15) is 0 Å². The molecule has 2 aromatic carbocycles. The van der Waals surface area contributed by atoms with Gasteiger partial charge in [0.2, 0.25) is 10.5 Å². The minimum absolute atomic E-state index is 0.0481. The van der Waals surface area contributed by atoms with Gasteiger partial charge in [0.15, 0.2) is 0 Å². The Morgan fingerprint density at radius 2 is 1.04 bits per heavy atom. The predicted molar refractivity (Wildman–Crippen MR) is 188 cm³/mol. The van der Waals surface area contributed by atoms with Crippen molar-refractivity contribution in [2.75, 3.05) is 0 Å². The number of carbonyl (C=O) groups is 2. The van der Waals surface area contributed by atoms with Crippen LogP contribution in [-0.2, 0) is 39.7 Å². The van der Waals surface area contributed by atoms with Crippen LogP contribution in [-0.4, -0.2) is 10.5 Å². The number of carbonyl (C=O) groups excluding carboxylic acids is 2. The van der Waals surface area contributed by atoms with Gasteiger partial charge in [-0.2, -0.15) is 0 Å². The summed E-state index contributed by atoms with van der Waals surface area (Å²) in [7, 11) is 0. The first-order valence-electron chi connectivity index (χ1n) is 17.8. The van der Waals surface area contributed by atoms with Crippen LogP contribution in [0.1, 0.15) is 163 Å². The smallest absolute Gasteiger partial charge is 0.227 e. The fourth-order valence-corrected chi connectivity index (χ4v) is 11.7. The highest BCUT2D eigenvalue weighted by molar-refractivity contribution is 6.65. The predicted octanol–water partition coefficient (Wildman–Crippen LogP) is 11.1. The van der Waals surface area contributed by atoms with E-state index in [0.717, 1.165) is 70.6 Å². The van der Waals surface area contributed by atoms with E-state index in [1.165, 1.54) is 44.5 Å². The van der Waals surface area contributed by atoms with Crippen molar-refractivity contribution in [2.24, 2.45) is 22.7 Å². The number of halogens is 2. The molecule has 4 heteroatoms. The maximum atomic E-state index is 12.8. The normalized spacial score (nSPS) is 34.1. The second-order valence-electron chi connectivity index (χ2n) is 17.0. The van der Waals surface area contributed by atoms with Crippen LogP contribution in [0.5, 0.6) is 0 Å². The highest BCUT2D eigenvalue weighted by Crippen LogP contribution is 2.60. The summed E-state index contributed by atoms with van der Waals surface area (Å²) in [5.41, 5.74) is 10.6. The van der Waals surface area contributed by atoms with Gasteiger partial charge in [0.05, 0.1) is 0 Å². The topological polar surface area (TPSA) is 34.1 Å². The van der Waals surface area contributed by atoms with Crippen LogP contribution in [0.25, 0.3) is 0 Å². The lowest BCUT2D eigenvalue weighted by atomic mass is 9.49. The molecule has 0 saturated heterocycles. The Labute approximate surface area is 282 Å². The monoisotopic (exact) mass is 648 g/mol. The van der Waals surface area contributed by atoms with Gasteiger partial charge in [-0.25, -0.2) is 0 Å². The van der Waals surface area contributed by atoms with Crippen molar-refractivity contribution in [3.8, 4) is 0 Å². The average molecular weight is 650 g/mol. The fraction of sp³-hybridized carbons (Fsp3) is 0.659. The quantitative estimate of drug-likeness (QED) is 0.292. The molecule has 6 unspecified atom stereocenters. The van der Waals surface area contributed by atoms with Crippen LogP contribution in [0, 0.1) is 22.7 Å². The molecule has 2 fully saturated rings. The van der Waals surface area contributed by atoms with Gasteiger partial charge < -0.3 is 0 Å². The zero-order valence-corrected chi connectivity index (χ0v) is 30.5. The lowest BCUT2D eigenvalue weighted by molar-refractivity contribution is -0.128. The molecule has 2 saturated carbocycles. The van der Waals surface area contributed by atoms with E-state index in [4.69, 9.17) is 23.2 Å². The number of rotatable bonds is 6. The summed E-state index contributed by atoms with van der Waals surface area (Å²) in [4.78, 5) is 25.7. The second-order valence-corrected chi connectivity index (χ2v) is 17.7. The first kappa shape index (κ1) is 33.3. The Morgan fingerprint density at radius 1 is 0.667 bits per heavy atom. The Bertz CT molecular complexity index is 1420. The third-order valence-corrected chi connectivity index (χ3v) is 14.6. The van der Waals surface area contributed by atoms with Crippen molar-refractivity contribution in [2.45, 2.75) is 149 Å². The molecule has 0 N–H and O–H groups in total. The van der Waals surface area contributed by atoms with Crippen molar-refractivity contribution < 1.29 is 9.59 Å². The molecule has 0 heterocycles. The molecule has 244 valence electrons. The van der Waals surface area contributed by atoms with Crippen LogP contribution < -0.4 is 0 Å². The summed E-state index contributed by atoms with van der Waals surface area (Å²) in [6.45, 7) is 18.4. The lowest BCUT2D eigenvalue weighted by Gasteiger charge is -2.54. The van der Waals surface area contributed by atoms with E-state index in [-0.39, 0.29) is 33.2 Å². The molecule has 4 aliphatic carbocycles. The van der Waals surface area contributed by atoms with Gasteiger partial charge >= 0.3 is 0 Å². The van der Waals surface area contributed by atoms with E-state index in [1.54, 1.807) is 0 Å². The van der Waals surface area contributed by atoms with Gasteiger partial charge in [-0.3, -0.25) is 9.59 Å². The Hall–Kier alpha value is -1.64. The number of hydrogen-bond donors (Lipinski definition) is 0. The highest BCUT2D eigenvalue weighted by atomic mass is 35.5. The van der Waals surface area contributed by atoms with Crippen LogP contribution in [0.4, 0.5) is 0 Å². The van der Waals surface area contributed by atoms with Crippen molar-refractivity contribution in [1.29, 1.82) is 0 Å². The zero-order chi connectivity index (χ0) is 32.7. The van der Waals surface area contributed by atoms with E-state index < -0.39 is 10.8 Å². The van der Waals surface area contributed by atoms with Crippen molar-refractivity contribution in [3.05, 3.63) is 68.8 Å². The maximum absolute atomic E-state index is 12.8. The van der Waals surface area contributed by atoms with Gasteiger partial charge in [0.25, 0.3) is 0 Å². The molecule has 0 spiro atoms.